The van der Waals surface area contributed by atoms with Gasteiger partial charge in [-0.3, -0.25) is 14.4 Å². The van der Waals surface area contributed by atoms with Crippen LogP contribution in [-0.2, 0) is 14.4 Å². The minimum Gasteiger partial charge on any atom is -0.497 e. The molecule has 2 rings (SSSR count). The summed E-state index contributed by atoms with van der Waals surface area (Å²) < 4.78 is 16.0. The number of carbonyl (C=O) groups excluding carboxylic acids is 3. The van der Waals surface area contributed by atoms with Crippen molar-refractivity contribution < 1.29 is 28.6 Å². The van der Waals surface area contributed by atoms with Crippen LogP contribution in [0.2, 0.25) is 0 Å². The van der Waals surface area contributed by atoms with Gasteiger partial charge in [-0.15, -0.1) is 0 Å². The first-order valence-corrected chi connectivity index (χ1v) is 10.3. The lowest BCUT2D eigenvalue weighted by Crippen LogP contribution is -2.38. The zero-order valence-corrected chi connectivity index (χ0v) is 18.8. The zero-order valence-electron chi connectivity index (χ0n) is 18.8. The van der Waals surface area contributed by atoms with Gasteiger partial charge >= 0.3 is 11.8 Å². The Bertz CT molecular complexity index is 993. The van der Waals surface area contributed by atoms with Crippen LogP contribution in [0.15, 0.2) is 47.6 Å². The second kappa shape index (κ2) is 13.4. The van der Waals surface area contributed by atoms with Crippen molar-refractivity contribution in [1.82, 2.24) is 10.7 Å². The van der Waals surface area contributed by atoms with Gasteiger partial charge in [0.15, 0.2) is 18.1 Å². The number of methoxy groups -OCH3 is 2. The van der Waals surface area contributed by atoms with Crippen LogP contribution in [-0.4, -0.2) is 51.3 Å². The van der Waals surface area contributed by atoms with Crippen LogP contribution in [0.5, 0.6) is 17.2 Å². The Labute approximate surface area is 192 Å². The van der Waals surface area contributed by atoms with Gasteiger partial charge in [0, 0.05) is 18.3 Å². The topological polar surface area (TPSA) is 127 Å². The number of hydrazone groups is 1. The maximum atomic E-state index is 12.2. The molecule has 0 saturated carbocycles. The van der Waals surface area contributed by atoms with Gasteiger partial charge in [-0.1, -0.05) is 19.4 Å². The fourth-order valence-corrected chi connectivity index (χ4v) is 2.60. The lowest BCUT2D eigenvalue weighted by atomic mass is 10.2. The van der Waals surface area contributed by atoms with E-state index in [2.05, 4.69) is 21.2 Å². The number of amides is 3. The highest BCUT2D eigenvalue weighted by Crippen LogP contribution is 2.27. The number of anilines is 1. The molecule has 2 aromatic rings. The highest BCUT2D eigenvalue weighted by Gasteiger charge is 2.12. The van der Waals surface area contributed by atoms with Crippen LogP contribution in [0.4, 0.5) is 5.69 Å². The van der Waals surface area contributed by atoms with Crippen molar-refractivity contribution in [3.05, 3.63) is 48.0 Å². The van der Waals surface area contributed by atoms with Gasteiger partial charge in [0.05, 0.1) is 20.4 Å². The van der Waals surface area contributed by atoms with Crippen LogP contribution < -0.4 is 30.3 Å². The normalized spacial score (nSPS) is 10.4. The van der Waals surface area contributed by atoms with Gasteiger partial charge in [0.1, 0.15) is 5.75 Å². The molecule has 0 atom stereocenters. The molecule has 0 bridgehead atoms. The Hall–Kier alpha value is -4.08. The second-order valence-corrected chi connectivity index (χ2v) is 6.79. The number of benzene rings is 2. The molecular formula is C23H28N4O6. The molecule has 176 valence electrons. The van der Waals surface area contributed by atoms with Gasteiger partial charge in [-0.05, 0) is 42.3 Å². The number of rotatable bonds is 11. The minimum atomic E-state index is -0.851. The summed E-state index contributed by atoms with van der Waals surface area (Å²) >= 11 is 0. The van der Waals surface area contributed by atoms with E-state index in [0.717, 1.165) is 12.8 Å². The van der Waals surface area contributed by atoms with Gasteiger partial charge in [-0.25, -0.2) is 5.43 Å². The smallest absolute Gasteiger partial charge is 0.329 e. The predicted octanol–water partition coefficient (Wildman–Crippen LogP) is 2.09. The number of unbranched alkanes of at least 4 members (excludes halogenated alkanes) is 1. The maximum Gasteiger partial charge on any atom is 0.329 e. The monoisotopic (exact) mass is 456 g/mol. The lowest BCUT2D eigenvalue weighted by molar-refractivity contribution is -0.139. The van der Waals surface area contributed by atoms with Crippen LogP contribution in [0, 0.1) is 0 Å². The summed E-state index contributed by atoms with van der Waals surface area (Å²) in [6.45, 7) is 2.19. The van der Waals surface area contributed by atoms with E-state index in [4.69, 9.17) is 14.2 Å². The number of ether oxygens (including phenoxy) is 3. The summed E-state index contributed by atoms with van der Waals surface area (Å²) in [5, 5.41) is 9.00. The molecule has 0 aliphatic rings. The van der Waals surface area contributed by atoms with Crippen LogP contribution in [0.3, 0.4) is 0 Å². The van der Waals surface area contributed by atoms with Gasteiger partial charge in [0.25, 0.3) is 5.91 Å². The van der Waals surface area contributed by atoms with E-state index in [1.165, 1.54) is 13.3 Å². The molecule has 3 amide bonds. The number of nitrogens with zero attached hydrogens (tertiary/aromatic N) is 1. The zero-order chi connectivity index (χ0) is 24.1. The highest BCUT2D eigenvalue weighted by atomic mass is 16.5. The fourth-order valence-electron chi connectivity index (χ4n) is 2.60. The molecule has 3 N–H and O–H groups in total. The van der Waals surface area contributed by atoms with Crippen molar-refractivity contribution in [2.24, 2.45) is 5.10 Å². The standard InChI is InChI=1S/C23H28N4O6/c1-4-5-11-24-22(29)23(30)27-25-14-16-9-10-19(20(12-16)32-3)33-15-21(28)26-17-7-6-8-18(13-17)31-2/h6-10,12-14H,4-5,11,15H2,1-3H3,(H,24,29)(H,26,28)(H,27,30)/b25-14+. The molecule has 0 aliphatic carbocycles. The van der Waals surface area contributed by atoms with Gasteiger partial charge in [-0.2, -0.15) is 5.10 Å². The van der Waals surface area contributed by atoms with Crippen molar-refractivity contribution in [2.45, 2.75) is 19.8 Å². The van der Waals surface area contributed by atoms with E-state index in [-0.39, 0.29) is 12.5 Å². The van der Waals surface area contributed by atoms with Crippen molar-refractivity contribution in [3.63, 3.8) is 0 Å². The van der Waals surface area contributed by atoms with Crippen molar-refractivity contribution in [1.29, 1.82) is 0 Å². The molecule has 2 aromatic carbocycles. The number of hydrogen-bond donors (Lipinski definition) is 3. The molecule has 0 unspecified atom stereocenters. The molecule has 10 heteroatoms. The van der Waals surface area contributed by atoms with Crippen molar-refractivity contribution in [3.8, 4) is 17.2 Å². The van der Waals surface area contributed by atoms with E-state index >= 15 is 0 Å². The van der Waals surface area contributed by atoms with Gasteiger partial charge < -0.3 is 24.8 Å². The first kappa shape index (κ1) is 25.2. The molecule has 0 spiro atoms. The quantitative estimate of drug-likeness (QED) is 0.206. The van der Waals surface area contributed by atoms with Crippen LogP contribution >= 0.6 is 0 Å². The molecule has 0 heterocycles. The summed E-state index contributed by atoms with van der Waals surface area (Å²) in [6.07, 6.45) is 3.06. The number of hydrogen-bond acceptors (Lipinski definition) is 7. The van der Waals surface area contributed by atoms with E-state index in [9.17, 15) is 14.4 Å². The van der Waals surface area contributed by atoms with E-state index < -0.39 is 11.8 Å². The molecule has 0 saturated heterocycles. The Kier molecular flexibility index (Phi) is 10.2. The third-order valence-electron chi connectivity index (χ3n) is 4.30. The molecule has 0 fully saturated rings. The Morgan fingerprint density at radius 3 is 2.55 bits per heavy atom. The number of carbonyl (C=O) groups is 3. The summed E-state index contributed by atoms with van der Waals surface area (Å²) in [5.41, 5.74) is 3.34. The summed E-state index contributed by atoms with van der Waals surface area (Å²) in [4.78, 5) is 35.5. The van der Waals surface area contributed by atoms with Gasteiger partial charge in [0.2, 0.25) is 0 Å². The second-order valence-electron chi connectivity index (χ2n) is 6.79. The minimum absolute atomic E-state index is 0.232. The Morgan fingerprint density at radius 1 is 1.00 bits per heavy atom. The van der Waals surface area contributed by atoms with Crippen molar-refractivity contribution in [2.75, 3.05) is 32.7 Å². The summed E-state index contributed by atoms with van der Waals surface area (Å²) in [7, 11) is 3.01. The Balaban J connectivity index is 1.89. The first-order chi connectivity index (χ1) is 16.0. The predicted molar refractivity (Wildman–Crippen MR) is 124 cm³/mol. The average molecular weight is 456 g/mol. The third-order valence-corrected chi connectivity index (χ3v) is 4.30. The van der Waals surface area contributed by atoms with E-state index in [0.29, 0.717) is 35.0 Å². The molecular weight excluding hydrogens is 428 g/mol. The fraction of sp³-hybridized carbons (Fsp3) is 0.304. The maximum absolute atomic E-state index is 12.2. The molecule has 0 aromatic heterocycles. The lowest BCUT2D eigenvalue weighted by Gasteiger charge is -2.12. The van der Waals surface area contributed by atoms with E-state index in [1.54, 1.807) is 49.6 Å². The SMILES string of the molecule is CCCCNC(=O)C(=O)N/N=C/c1ccc(OCC(=O)Nc2cccc(OC)c2)c(OC)c1. The highest BCUT2D eigenvalue weighted by molar-refractivity contribution is 6.35. The molecule has 0 aliphatic heterocycles. The third kappa shape index (κ3) is 8.52. The summed E-state index contributed by atoms with van der Waals surface area (Å²) in [5.74, 6) is -0.589. The first-order valence-electron chi connectivity index (χ1n) is 10.3. The molecule has 10 nitrogen and oxygen atoms in total. The largest absolute Gasteiger partial charge is 0.497 e. The van der Waals surface area contributed by atoms with Crippen LogP contribution in [0.1, 0.15) is 25.3 Å². The summed E-state index contributed by atoms with van der Waals surface area (Å²) in [6, 6.07) is 11.9. The van der Waals surface area contributed by atoms with Crippen LogP contribution in [0.25, 0.3) is 0 Å². The molecule has 0 radical (unpaired) electrons. The Morgan fingerprint density at radius 2 is 1.82 bits per heavy atom. The van der Waals surface area contributed by atoms with Crippen molar-refractivity contribution >= 4 is 29.6 Å². The average Bonchev–Trinajstić information content (AvgIpc) is 2.83. The van der Waals surface area contributed by atoms with E-state index in [1.807, 2.05) is 6.92 Å². The molecule has 33 heavy (non-hydrogen) atoms. The number of nitrogens with one attached hydrogen (secondary N) is 3.